The van der Waals surface area contributed by atoms with Crippen LogP contribution in [0.5, 0.6) is 0 Å². The van der Waals surface area contributed by atoms with Crippen LogP contribution in [0.15, 0.2) is 30.3 Å². The normalized spacial score (nSPS) is 10.7. The van der Waals surface area contributed by atoms with Crippen molar-refractivity contribution >= 4 is 34.5 Å². The van der Waals surface area contributed by atoms with E-state index in [0.29, 0.717) is 5.69 Å². The molecule has 2 aromatic rings. The molecule has 1 heterocycles. The highest BCUT2D eigenvalue weighted by Gasteiger charge is 2.12. The minimum absolute atomic E-state index is 0.0251. The topological polar surface area (TPSA) is 58.2 Å². The molecule has 0 atom stereocenters. The molecule has 0 fully saturated rings. The summed E-state index contributed by atoms with van der Waals surface area (Å²) >= 11 is 1.53. The third-order valence-electron chi connectivity index (χ3n) is 3.50. The van der Waals surface area contributed by atoms with Crippen molar-refractivity contribution < 1.29 is 9.59 Å². The van der Waals surface area contributed by atoms with Crippen molar-refractivity contribution in [2.75, 3.05) is 10.6 Å². The molecule has 0 bridgehead atoms. The first kappa shape index (κ1) is 17.2. The Morgan fingerprint density at radius 3 is 2.13 bits per heavy atom. The predicted molar refractivity (Wildman–Crippen MR) is 96.3 cm³/mol. The maximum absolute atomic E-state index is 12.3. The smallest absolute Gasteiger partial charge is 0.265 e. The Balaban J connectivity index is 2.02. The van der Waals surface area contributed by atoms with Crippen LogP contribution in [0, 0.1) is 12.8 Å². The van der Waals surface area contributed by atoms with Crippen molar-refractivity contribution in [2.24, 2.45) is 5.92 Å². The zero-order chi connectivity index (χ0) is 17.0. The van der Waals surface area contributed by atoms with Crippen LogP contribution >= 0.6 is 11.3 Å². The number of carbonyl (C=O) groups excluding carboxylic acids is 2. The van der Waals surface area contributed by atoms with Crippen molar-refractivity contribution in [1.29, 1.82) is 0 Å². The number of hydrogen-bond donors (Lipinski definition) is 2. The van der Waals surface area contributed by atoms with E-state index in [1.807, 2.05) is 26.8 Å². The van der Waals surface area contributed by atoms with Crippen LogP contribution in [0.2, 0.25) is 0 Å². The Labute approximate surface area is 140 Å². The first-order valence-electron chi connectivity index (χ1n) is 7.72. The van der Waals surface area contributed by atoms with E-state index < -0.39 is 0 Å². The number of rotatable bonds is 5. The molecule has 0 saturated heterocycles. The molecule has 0 aliphatic rings. The molecule has 0 saturated carbocycles. The Hall–Kier alpha value is -2.14. The minimum Gasteiger partial charge on any atom is -0.326 e. The van der Waals surface area contributed by atoms with E-state index >= 15 is 0 Å². The van der Waals surface area contributed by atoms with E-state index in [1.165, 1.54) is 16.2 Å². The number of aryl methyl sites for hydroxylation is 2. The molecule has 1 aromatic heterocycles. The van der Waals surface area contributed by atoms with E-state index in [1.54, 1.807) is 24.3 Å². The molecule has 4 nitrogen and oxygen atoms in total. The standard InChI is InChI=1S/C18H22N2O2S/c1-5-15-12(4)10-16(23-15)18(22)20-14-8-6-13(7-9-14)19-17(21)11(2)3/h6-11H,5H2,1-4H3,(H,19,21)(H,20,22). The van der Waals surface area contributed by atoms with Crippen LogP contribution < -0.4 is 10.6 Å². The van der Waals surface area contributed by atoms with Gasteiger partial charge in [-0.05, 0) is 49.2 Å². The second kappa shape index (κ2) is 7.42. The number of benzene rings is 1. The first-order chi connectivity index (χ1) is 10.9. The number of hydrogen-bond acceptors (Lipinski definition) is 3. The van der Waals surface area contributed by atoms with Gasteiger partial charge in [0.2, 0.25) is 5.91 Å². The zero-order valence-electron chi connectivity index (χ0n) is 13.9. The third kappa shape index (κ3) is 4.42. The molecular formula is C18H22N2O2S. The van der Waals surface area contributed by atoms with Crippen LogP contribution in [-0.4, -0.2) is 11.8 Å². The third-order valence-corrected chi connectivity index (χ3v) is 4.88. The fourth-order valence-corrected chi connectivity index (χ4v) is 3.11. The first-order valence-corrected chi connectivity index (χ1v) is 8.54. The Morgan fingerprint density at radius 2 is 1.65 bits per heavy atom. The summed E-state index contributed by atoms with van der Waals surface area (Å²) in [5, 5.41) is 5.71. The van der Waals surface area contributed by atoms with E-state index in [-0.39, 0.29) is 17.7 Å². The molecule has 122 valence electrons. The molecule has 2 N–H and O–H groups in total. The quantitative estimate of drug-likeness (QED) is 0.850. The van der Waals surface area contributed by atoms with Gasteiger partial charge >= 0.3 is 0 Å². The Morgan fingerprint density at radius 1 is 1.09 bits per heavy atom. The number of thiophene rings is 1. The average molecular weight is 330 g/mol. The number of amides is 2. The minimum atomic E-state index is -0.100. The second-order valence-electron chi connectivity index (χ2n) is 5.75. The van der Waals surface area contributed by atoms with Gasteiger partial charge in [0.15, 0.2) is 0 Å². The van der Waals surface area contributed by atoms with Crippen molar-refractivity contribution in [3.8, 4) is 0 Å². The highest BCUT2D eigenvalue weighted by molar-refractivity contribution is 7.14. The molecule has 2 amide bonds. The van der Waals surface area contributed by atoms with Gasteiger partial charge in [-0.2, -0.15) is 0 Å². The molecular weight excluding hydrogens is 308 g/mol. The molecule has 0 aliphatic heterocycles. The van der Waals surface area contributed by atoms with Crippen LogP contribution in [0.3, 0.4) is 0 Å². The summed E-state index contributed by atoms with van der Waals surface area (Å²) < 4.78 is 0. The van der Waals surface area contributed by atoms with Gasteiger partial charge < -0.3 is 10.6 Å². The maximum Gasteiger partial charge on any atom is 0.265 e. The predicted octanol–water partition coefficient (Wildman–Crippen LogP) is 4.47. The van der Waals surface area contributed by atoms with Crippen LogP contribution in [0.4, 0.5) is 11.4 Å². The fraction of sp³-hybridized carbons (Fsp3) is 0.333. The van der Waals surface area contributed by atoms with Gasteiger partial charge in [0.05, 0.1) is 4.88 Å². The summed E-state index contributed by atoms with van der Waals surface area (Å²) in [6.07, 6.45) is 0.939. The molecule has 0 radical (unpaired) electrons. The number of anilines is 2. The van der Waals surface area contributed by atoms with Gasteiger partial charge in [-0.1, -0.05) is 20.8 Å². The lowest BCUT2D eigenvalue weighted by Gasteiger charge is -2.09. The van der Waals surface area contributed by atoms with Crippen LogP contribution in [-0.2, 0) is 11.2 Å². The van der Waals surface area contributed by atoms with Crippen LogP contribution in [0.25, 0.3) is 0 Å². The second-order valence-corrected chi connectivity index (χ2v) is 6.88. The molecule has 1 aromatic carbocycles. The summed E-state index contributed by atoms with van der Waals surface area (Å²) in [5.41, 5.74) is 2.60. The highest BCUT2D eigenvalue weighted by Crippen LogP contribution is 2.23. The summed E-state index contributed by atoms with van der Waals surface area (Å²) in [7, 11) is 0. The van der Waals surface area contributed by atoms with Gasteiger partial charge in [-0.3, -0.25) is 9.59 Å². The fourth-order valence-electron chi connectivity index (χ4n) is 2.10. The molecule has 0 spiro atoms. The monoisotopic (exact) mass is 330 g/mol. The lowest BCUT2D eigenvalue weighted by atomic mass is 10.2. The maximum atomic E-state index is 12.3. The lowest BCUT2D eigenvalue weighted by molar-refractivity contribution is -0.118. The van der Waals surface area contributed by atoms with Crippen molar-refractivity contribution in [1.82, 2.24) is 0 Å². The van der Waals surface area contributed by atoms with Crippen molar-refractivity contribution in [3.63, 3.8) is 0 Å². The summed E-state index contributed by atoms with van der Waals surface area (Å²) in [4.78, 5) is 25.9. The molecule has 0 unspecified atom stereocenters. The van der Waals surface area contributed by atoms with Crippen molar-refractivity contribution in [3.05, 3.63) is 45.6 Å². The summed E-state index contributed by atoms with van der Waals surface area (Å²) in [6, 6.07) is 9.07. The molecule has 23 heavy (non-hydrogen) atoms. The molecule has 0 aliphatic carbocycles. The lowest BCUT2D eigenvalue weighted by Crippen LogP contribution is -2.17. The van der Waals surface area contributed by atoms with Gasteiger partial charge in [0.25, 0.3) is 5.91 Å². The molecule has 5 heteroatoms. The largest absolute Gasteiger partial charge is 0.326 e. The SMILES string of the molecule is CCc1sc(C(=O)Nc2ccc(NC(=O)C(C)C)cc2)cc1C. The highest BCUT2D eigenvalue weighted by atomic mass is 32.1. The summed E-state index contributed by atoms with van der Waals surface area (Å²) in [6.45, 7) is 7.80. The Kier molecular flexibility index (Phi) is 5.55. The number of nitrogens with one attached hydrogen (secondary N) is 2. The van der Waals surface area contributed by atoms with Gasteiger partial charge in [0.1, 0.15) is 0 Å². The van der Waals surface area contributed by atoms with E-state index in [9.17, 15) is 9.59 Å². The van der Waals surface area contributed by atoms with Crippen LogP contribution in [0.1, 0.15) is 40.9 Å². The van der Waals surface area contributed by atoms with Crippen molar-refractivity contribution in [2.45, 2.75) is 34.1 Å². The zero-order valence-corrected chi connectivity index (χ0v) is 14.7. The van der Waals surface area contributed by atoms with E-state index in [0.717, 1.165) is 22.5 Å². The van der Waals surface area contributed by atoms with Gasteiger partial charge in [-0.25, -0.2) is 0 Å². The average Bonchev–Trinajstić information content (AvgIpc) is 2.90. The van der Waals surface area contributed by atoms with Gasteiger partial charge in [-0.15, -0.1) is 11.3 Å². The van der Waals surface area contributed by atoms with E-state index in [4.69, 9.17) is 0 Å². The van der Waals surface area contributed by atoms with Gasteiger partial charge in [0, 0.05) is 22.2 Å². The number of carbonyl (C=O) groups is 2. The molecule has 2 rings (SSSR count). The Bertz CT molecular complexity index is 702. The summed E-state index contributed by atoms with van der Waals surface area (Å²) in [5.74, 6) is -0.191. The van der Waals surface area contributed by atoms with E-state index in [2.05, 4.69) is 17.6 Å².